The summed E-state index contributed by atoms with van der Waals surface area (Å²) in [4.78, 5) is 25.8. The van der Waals surface area contributed by atoms with Gasteiger partial charge in [-0.2, -0.15) is 0 Å². The average Bonchev–Trinajstić information content (AvgIpc) is 2.15. The maximum absolute atomic E-state index is 12.9. The fourth-order valence-corrected chi connectivity index (χ4v) is 1.09. The normalized spacial score (nSPS) is 9.88. The molecule has 0 aliphatic rings. The number of nitrogens with one attached hydrogen (secondary N) is 1. The van der Waals surface area contributed by atoms with Crippen LogP contribution in [-0.4, -0.2) is 23.6 Å². The molecule has 0 spiro atoms. The van der Waals surface area contributed by atoms with Crippen LogP contribution in [0.25, 0.3) is 0 Å². The lowest BCUT2D eigenvalue weighted by Gasteiger charge is -2.04. The Morgan fingerprint density at radius 2 is 2.12 bits per heavy atom. The van der Waals surface area contributed by atoms with Crippen molar-refractivity contribution in [3.63, 3.8) is 0 Å². The third kappa shape index (κ3) is 3.66. The van der Waals surface area contributed by atoms with Crippen LogP contribution in [0.3, 0.4) is 0 Å². The quantitative estimate of drug-likeness (QED) is 0.748. The van der Waals surface area contributed by atoms with Gasteiger partial charge in [0.2, 0.25) is 0 Å². The lowest BCUT2D eigenvalue weighted by molar-refractivity contribution is -0.144. The number of carbonyl (C=O) groups is 2. The van der Waals surface area contributed by atoms with Crippen LogP contribution in [0.1, 0.15) is 15.9 Å². The number of carboxylic acid groups (broad SMARTS) is 1. The van der Waals surface area contributed by atoms with Crippen molar-refractivity contribution in [1.82, 2.24) is 5.48 Å². The molecule has 0 saturated carbocycles. The van der Waals surface area contributed by atoms with E-state index in [1.807, 2.05) is 5.48 Å². The van der Waals surface area contributed by atoms with Crippen molar-refractivity contribution in [2.24, 2.45) is 0 Å². The van der Waals surface area contributed by atoms with E-state index in [0.29, 0.717) is 5.56 Å². The molecule has 16 heavy (non-hydrogen) atoms. The zero-order valence-corrected chi connectivity index (χ0v) is 8.49. The fourth-order valence-electron chi connectivity index (χ4n) is 1.09. The minimum absolute atomic E-state index is 0.0721. The Kier molecular flexibility index (Phi) is 3.96. The van der Waals surface area contributed by atoms with E-state index in [9.17, 15) is 14.0 Å². The van der Waals surface area contributed by atoms with Gasteiger partial charge < -0.3 is 5.11 Å². The zero-order chi connectivity index (χ0) is 12.1. The molecular formula is C10H10FNO4. The number of rotatable bonds is 4. The first kappa shape index (κ1) is 12.1. The van der Waals surface area contributed by atoms with E-state index in [0.717, 1.165) is 6.07 Å². The Bertz CT molecular complexity index is 399. The molecule has 6 heteroatoms. The van der Waals surface area contributed by atoms with E-state index in [1.165, 1.54) is 12.1 Å². The van der Waals surface area contributed by atoms with Crippen molar-refractivity contribution in [1.29, 1.82) is 0 Å². The van der Waals surface area contributed by atoms with Crippen LogP contribution in [0.15, 0.2) is 18.2 Å². The van der Waals surface area contributed by atoms with E-state index >= 15 is 0 Å². The van der Waals surface area contributed by atoms with Crippen LogP contribution < -0.4 is 5.48 Å². The summed E-state index contributed by atoms with van der Waals surface area (Å²) in [6, 6.07) is 3.77. The number of aryl methyl sites for hydroxylation is 1. The molecule has 86 valence electrons. The maximum atomic E-state index is 12.9. The maximum Gasteiger partial charge on any atom is 0.332 e. The van der Waals surface area contributed by atoms with Gasteiger partial charge in [0.1, 0.15) is 5.82 Å². The summed E-state index contributed by atoms with van der Waals surface area (Å²) in [5, 5.41) is 8.25. The van der Waals surface area contributed by atoms with Gasteiger partial charge in [-0.15, -0.1) is 0 Å². The molecule has 0 radical (unpaired) electrons. The van der Waals surface area contributed by atoms with E-state index < -0.39 is 24.3 Å². The van der Waals surface area contributed by atoms with Gasteiger partial charge in [0.05, 0.1) is 0 Å². The van der Waals surface area contributed by atoms with Gasteiger partial charge in [0.15, 0.2) is 6.61 Å². The molecule has 1 aromatic carbocycles. The van der Waals surface area contributed by atoms with E-state index in [-0.39, 0.29) is 5.56 Å². The van der Waals surface area contributed by atoms with E-state index in [2.05, 4.69) is 4.84 Å². The molecule has 0 unspecified atom stereocenters. The molecule has 1 aromatic rings. The molecule has 5 nitrogen and oxygen atoms in total. The smallest absolute Gasteiger partial charge is 0.332 e. The molecule has 0 heterocycles. The summed E-state index contributed by atoms with van der Waals surface area (Å²) in [6.07, 6.45) is 0. The van der Waals surface area contributed by atoms with Crippen molar-refractivity contribution in [2.75, 3.05) is 6.61 Å². The topological polar surface area (TPSA) is 75.6 Å². The van der Waals surface area contributed by atoms with Crippen LogP contribution in [0.2, 0.25) is 0 Å². The minimum atomic E-state index is -1.21. The number of carbonyl (C=O) groups excluding carboxylic acids is 1. The number of hydrogen-bond acceptors (Lipinski definition) is 3. The summed E-state index contributed by atoms with van der Waals surface area (Å²) in [5.74, 6) is -2.44. The van der Waals surface area contributed by atoms with Gasteiger partial charge in [-0.1, -0.05) is 0 Å². The van der Waals surface area contributed by atoms with Crippen molar-refractivity contribution >= 4 is 11.9 Å². The van der Waals surface area contributed by atoms with Crippen LogP contribution in [0.4, 0.5) is 4.39 Å². The van der Waals surface area contributed by atoms with Gasteiger partial charge in [0, 0.05) is 5.56 Å². The van der Waals surface area contributed by atoms with Crippen LogP contribution in [0.5, 0.6) is 0 Å². The highest BCUT2D eigenvalue weighted by molar-refractivity contribution is 5.93. The molecule has 1 rings (SSSR count). The predicted molar refractivity (Wildman–Crippen MR) is 52.2 cm³/mol. The Morgan fingerprint density at radius 1 is 1.44 bits per heavy atom. The highest BCUT2D eigenvalue weighted by Crippen LogP contribution is 2.07. The lowest BCUT2D eigenvalue weighted by Crippen LogP contribution is -2.26. The Balaban J connectivity index is 2.62. The standard InChI is InChI=1S/C10H10FNO4/c1-6-2-7(4-8(11)3-6)10(15)12-16-5-9(13)14/h2-4H,5H2,1H3,(H,12,15)(H,13,14). The second-order valence-electron chi connectivity index (χ2n) is 3.13. The number of aliphatic carboxylic acids is 1. The molecule has 1 amide bonds. The minimum Gasteiger partial charge on any atom is -0.479 e. The van der Waals surface area contributed by atoms with Crippen LogP contribution in [0, 0.1) is 12.7 Å². The second kappa shape index (κ2) is 5.22. The third-order valence-corrected chi connectivity index (χ3v) is 1.66. The van der Waals surface area contributed by atoms with Crippen LogP contribution in [-0.2, 0) is 9.63 Å². The molecule has 0 saturated heterocycles. The molecular weight excluding hydrogens is 217 g/mol. The number of carboxylic acids is 1. The summed E-state index contributed by atoms with van der Waals surface area (Å²) in [6.45, 7) is 0.984. The summed E-state index contributed by atoms with van der Waals surface area (Å²) in [7, 11) is 0. The number of hydroxylamine groups is 1. The van der Waals surface area contributed by atoms with Gasteiger partial charge >= 0.3 is 5.97 Å². The molecule has 0 aromatic heterocycles. The zero-order valence-electron chi connectivity index (χ0n) is 8.49. The Morgan fingerprint density at radius 3 is 2.69 bits per heavy atom. The summed E-state index contributed by atoms with van der Waals surface area (Å²) >= 11 is 0. The van der Waals surface area contributed by atoms with Crippen LogP contribution >= 0.6 is 0 Å². The molecule has 0 aliphatic carbocycles. The highest BCUT2D eigenvalue weighted by Gasteiger charge is 2.08. The first-order valence-electron chi connectivity index (χ1n) is 4.40. The second-order valence-corrected chi connectivity index (χ2v) is 3.13. The van der Waals surface area contributed by atoms with Crippen molar-refractivity contribution in [3.8, 4) is 0 Å². The molecule has 0 bridgehead atoms. The molecule has 2 N–H and O–H groups in total. The van der Waals surface area contributed by atoms with Gasteiger partial charge in [-0.3, -0.25) is 9.63 Å². The Labute approximate surface area is 90.8 Å². The average molecular weight is 227 g/mol. The number of benzene rings is 1. The predicted octanol–water partition coefficient (Wildman–Crippen LogP) is 0.880. The van der Waals surface area contributed by atoms with Crippen molar-refractivity contribution < 1.29 is 23.9 Å². The SMILES string of the molecule is Cc1cc(F)cc(C(=O)NOCC(=O)O)c1. The van der Waals surface area contributed by atoms with Crippen molar-refractivity contribution in [3.05, 3.63) is 35.1 Å². The first-order valence-corrected chi connectivity index (χ1v) is 4.40. The molecule has 0 atom stereocenters. The van der Waals surface area contributed by atoms with Gasteiger partial charge in [0.25, 0.3) is 5.91 Å². The largest absolute Gasteiger partial charge is 0.479 e. The summed E-state index contributed by atoms with van der Waals surface area (Å²) in [5.41, 5.74) is 2.56. The fraction of sp³-hybridized carbons (Fsp3) is 0.200. The molecule has 0 fully saturated rings. The van der Waals surface area contributed by atoms with E-state index in [1.54, 1.807) is 6.92 Å². The number of hydrogen-bond donors (Lipinski definition) is 2. The number of amides is 1. The summed E-state index contributed by atoms with van der Waals surface area (Å²) < 4.78 is 12.9. The van der Waals surface area contributed by atoms with E-state index in [4.69, 9.17) is 5.11 Å². The van der Waals surface area contributed by atoms with Gasteiger partial charge in [-0.25, -0.2) is 14.7 Å². The van der Waals surface area contributed by atoms with Crippen molar-refractivity contribution in [2.45, 2.75) is 6.92 Å². The molecule has 0 aliphatic heterocycles. The third-order valence-electron chi connectivity index (χ3n) is 1.66. The monoisotopic (exact) mass is 227 g/mol. The first-order chi connectivity index (χ1) is 7.49. The number of halogens is 1. The lowest BCUT2D eigenvalue weighted by atomic mass is 10.1. The Hall–Kier alpha value is -1.95. The van der Waals surface area contributed by atoms with Gasteiger partial charge in [-0.05, 0) is 30.7 Å². The highest BCUT2D eigenvalue weighted by atomic mass is 19.1.